The number of amides is 1. The molecule has 25 heavy (non-hydrogen) atoms. The van der Waals surface area contributed by atoms with E-state index in [-0.39, 0.29) is 23.0 Å². The van der Waals surface area contributed by atoms with Crippen LogP contribution in [0.5, 0.6) is 11.5 Å². The molecule has 1 amide bonds. The normalized spacial score (nSPS) is 21.2. The molecular formula is C20H23NO3S. The van der Waals surface area contributed by atoms with E-state index in [4.69, 9.17) is 4.74 Å². The third kappa shape index (κ3) is 3.01. The van der Waals surface area contributed by atoms with Gasteiger partial charge in [-0.2, -0.15) is 0 Å². The Labute approximate surface area is 152 Å². The summed E-state index contributed by atoms with van der Waals surface area (Å²) in [5, 5.41) is 10.4. The number of carbonyl (C=O) groups is 1. The highest BCUT2D eigenvalue weighted by Crippen LogP contribution is 2.52. The molecule has 132 valence electrons. The second kappa shape index (κ2) is 5.77. The number of thiophene rings is 1. The molecule has 2 heterocycles. The van der Waals surface area contributed by atoms with Gasteiger partial charge >= 0.3 is 0 Å². The molecule has 1 fully saturated rings. The van der Waals surface area contributed by atoms with E-state index >= 15 is 0 Å². The summed E-state index contributed by atoms with van der Waals surface area (Å²) in [4.78, 5) is 17.0. The van der Waals surface area contributed by atoms with Crippen LogP contribution in [-0.4, -0.2) is 29.1 Å². The quantitative estimate of drug-likeness (QED) is 0.876. The van der Waals surface area contributed by atoms with Gasteiger partial charge in [0, 0.05) is 27.8 Å². The van der Waals surface area contributed by atoms with Crippen LogP contribution in [0.3, 0.4) is 0 Å². The third-order valence-electron chi connectivity index (χ3n) is 5.26. The number of ether oxygens (including phenoxy) is 1. The number of phenolic OH excluding ortho intramolecular Hbond substituents is 1. The van der Waals surface area contributed by atoms with Gasteiger partial charge in [-0.3, -0.25) is 4.79 Å². The molecule has 0 saturated heterocycles. The number of aromatic hydroxyl groups is 1. The lowest BCUT2D eigenvalue weighted by Crippen LogP contribution is -2.34. The van der Waals surface area contributed by atoms with Crippen LogP contribution in [0, 0.1) is 18.3 Å². The Morgan fingerprint density at radius 1 is 1.36 bits per heavy atom. The maximum absolute atomic E-state index is 12.8. The average molecular weight is 357 g/mol. The van der Waals surface area contributed by atoms with Crippen LogP contribution in [0.25, 0.3) is 10.4 Å². The van der Waals surface area contributed by atoms with Crippen molar-refractivity contribution < 1.29 is 14.6 Å². The van der Waals surface area contributed by atoms with Crippen LogP contribution in [0.4, 0.5) is 0 Å². The maximum atomic E-state index is 12.8. The van der Waals surface area contributed by atoms with E-state index in [0.29, 0.717) is 25.4 Å². The molecule has 5 heteroatoms. The molecule has 4 nitrogen and oxygen atoms in total. The van der Waals surface area contributed by atoms with Gasteiger partial charge in [0.1, 0.15) is 6.61 Å². The molecule has 1 aromatic heterocycles. The molecular weight excluding hydrogens is 334 g/mol. The first-order valence-corrected chi connectivity index (χ1v) is 9.51. The lowest BCUT2D eigenvalue weighted by atomic mass is 10.1. The summed E-state index contributed by atoms with van der Waals surface area (Å²) < 4.78 is 5.77. The van der Waals surface area contributed by atoms with E-state index in [0.717, 1.165) is 22.4 Å². The molecule has 1 N–H and O–H groups in total. The molecule has 2 aliphatic rings. The molecule has 1 aromatic carbocycles. The summed E-state index contributed by atoms with van der Waals surface area (Å²) in [6.45, 7) is 7.82. The fraction of sp³-hybridized carbons (Fsp3) is 0.450. The Kier molecular flexibility index (Phi) is 3.80. The second-order valence-electron chi connectivity index (χ2n) is 7.75. The first-order chi connectivity index (χ1) is 11.8. The Morgan fingerprint density at radius 2 is 2.12 bits per heavy atom. The van der Waals surface area contributed by atoms with Crippen molar-refractivity contribution in [2.45, 2.75) is 33.7 Å². The fourth-order valence-electron chi connectivity index (χ4n) is 3.53. The predicted octanol–water partition coefficient (Wildman–Crippen LogP) is 4.20. The molecule has 0 bridgehead atoms. The smallest absolute Gasteiger partial charge is 0.226 e. The minimum atomic E-state index is 0.116. The van der Waals surface area contributed by atoms with Crippen LogP contribution < -0.4 is 4.74 Å². The summed E-state index contributed by atoms with van der Waals surface area (Å²) in [5.41, 5.74) is 1.97. The van der Waals surface area contributed by atoms with E-state index in [2.05, 4.69) is 32.9 Å². The highest BCUT2D eigenvalue weighted by atomic mass is 32.1. The average Bonchev–Trinajstić information content (AvgIpc) is 3.07. The first kappa shape index (κ1) is 16.5. The van der Waals surface area contributed by atoms with Crippen LogP contribution in [0.15, 0.2) is 24.3 Å². The van der Waals surface area contributed by atoms with Crippen LogP contribution in [0.1, 0.15) is 30.7 Å². The van der Waals surface area contributed by atoms with Crippen molar-refractivity contribution in [3.05, 3.63) is 34.7 Å². The number of phenols is 1. The van der Waals surface area contributed by atoms with Crippen molar-refractivity contribution in [3.63, 3.8) is 0 Å². The van der Waals surface area contributed by atoms with Crippen LogP contribution in [0.2, 0.25) is 0 Å². The zero-order chi connectivity index (χ0) is 17.8. The zero-order valence-corrected chi connectivity index (χ0v) is 15.7. The fourth-order valence-corrected chi connectivity index (χ4v) is 4.38. The van der Waals surface area contributed by atoms with E-state index in [9.17, 15) is 9.90 Å². The highest BCUT2D eigenvalue weighted by Gasteiger charge is 2.52. The number of benzene rings is 1. The predicted molar refractivity (Wildman–Crippen MR) is 99.0 cm³/mol. The molecule has 1 aliphatic carbocycles. The maximum Gasteiger partial charge on any atom is 0.226 e. The van der Waals surface area contributed by atoms with E-state index in [1.807, 2.05) is 11.0 Å². The van der Waals surface area contributed by atoms with Crippen molar-refractivity contribution in [2.24, 2.45) is 11.3 Å². The van der Waals surface area contributed by atoms with E-state index < -0.39 is 0 Å². The van der Waals surface area contributed by atoms with Gasteiger partial charge in [-0.05, 0) is 48.6 Å². The molecule has 4 rings (SSSR count). The molecule has 1 saturated carbocycles. The molecule has 0 spiro atoms. The summed E-state index contributed by atoms with van der Waals surface area (Å²) >= 11 is 1.69. The van der Waals surface area contributed by atoms with Gasteiger partial charge in [0.25, 0.3) is 0 Å². The van der Waals surface area contributed by atoms with Crippen molar-refractivity contribution in [1.82, 2.24) is 4.90 Å². The second-order valence-corrected chi connectivity index (χ2v) is 9.04. The lowest BCUT2D eigenvalue weighted by molar-refractivity contribution is -0.134. The molecule has 0 radical (unpaired) electrons. The van der Waals surface area contributed by atoms with Gasteiger partial charge in [-0.25, -0.2) is 0 Å². The minimum absolute atomic E-state index is 0.116. The van der Waals surface area contributed by atoms with Gasteiger partial charge < -0.3 is 14.7 Å². The Balaban J connectivity index is 1.65. The van der Waals surface area contributed by atoms with Crippen molar-refractivity contribution in [1.29, 1.82) is 0 Å². The monoisotopic (exact) mass is 357 g/mol. The Hall–Kier alpha value is -2.01. The standard InChI is InChI=1S/C20H23NO3S/c1-12-4-5-17(25-12)13-8-14-11-21(19(23)15-10-20(15,2)3)6-7-24-18(14)16(22)9-13/h4-5,8-9,15,22H,6-7,10-11H2,1-3H3. The molecule has 1 unspecified atom stereocenters. The first-order valence-electron chi connectivity index (χ1n) is 8.69. The molecule has 1 aliphatic heterocycles. The third-order valence-corrected chi connectivity index (χ3v) is 6.31. The van der Waals surface area contributed by atoms with Gasteiger partial charge in [-0.15, -0.1) is 11.3 Å². The minimum Gasteiger partial charge on any atom is -0.504 e. The SMILES string of the molecule is Cc1ccc(-c2cc(O)c3c(c2)CN(C(=O)C2CC2(C)C)CCO3)s1. The van der Waals surface area contributed by atoms with Crippen molar-refractivity contribution >= 4 is 17.2 Å². The van der Waals surface area contributed by atoms with Gasteiger partial charge in [0.15, 0.2) is 11.5 Å². The van der Waals surface area contributed by atoms with Crippen LogP contribution >= 0.6 is 11.3 Å². The lowest BCUT2D eigenvalue weighted by Gasteiger charge is -2.21. The summed E-state index contributed by atoms with van der Waals surface area (Å²) in [5.74, 6) is 0.992. The topological polar surface area (TPSA) is 49.8 Å². The number of aryl methyl sites for hydroxylation is 1. The van der Waals surface area contributed by atoms with Gasteiger partial charge in [0.05, 0.1) is 6.54 Å². The Bertz CT molecular complexity index is 839. The summed E-state index contributed by atoms with van der Waals surface area (Å²) in [6.07, 6.45) is 0.954. The number of hydrogen-bond acceptors (Lipinski definition) is 4. The number of nitrogens with zero attached hydrogens (tertiary/aromatic N) is 1. The van der Waals surface area contributed by atoms with Crippen molar-refractivity contribution in [2.75, 3.05) is 13.2 Å². The summed E-state index contributed by atoms with van der Waals surface area (Å²) in [6, 6.07) is 7.94. The van der Waals surface area contributed by atoms with E-state index in [1.165, 1.54) is 4.88 Å². The van der Waals surface area contributed by atoms with Gasteiger partial charge in [0.2, 0.25) is 5.91 Å². The number of hydrogen-bond donors (Lipinski definition) is 1. The zero-order valence-electron chi connectivity index (χ0n) is 14.8. The van der Waals surface area contributed by atoms with Gasteiger partial charge in [-0.1, -0.05) is 13.8 Å². The number of rotatable bonds is 2. The largest absolute Gasteiger partial charge is 0.504 e. The van der Waals surface area contributed by atoms with Crippen molar-refractivity contribution in [3.8, 4) is 21.9 Å². The highest BCUT2D eigenvalue weighted by molar-refractivity contribution is 7.15. The van der Waals surface area contributed by atoms with E-state index in [1.54, 1.807) is 17.4 Å². The summed E-state index contributed by atoms with van der Waals surface area (Å²) in [7, 11) is 0. The van der Waals surface area contributed by atoms with Crippen LogP contribution in [-0.2, 0) is 11.3 Å². The number of fused-ring (bicyclic) bond motifs is 1. The Morgan fingerprint density at radius 3 is 2.76 bits per heavy atom. The number of carbonyl (C=O) groups excluding carboxylic acids is 1. The molecule has 2 aromatic rings. The molecule has 1 atom stereocenters.